The summed E-state index contributed by atoms with van der Waals surface area (Å²) in [4.78, 5) is 0. The smallest absolute Gasteiger partial charge is 0.129 e. The molecule has 1 unspecified atom stereocenters. The first-order valence-corrected chi connectivity index (χ1v) is 17.4. The van der Waals surface area contributed by atoms with Crippen molar-refractivity contribution in [2.45, 2.75) is 104 Å². The highest BCUT2D eigenvalue weighted by Gasteiger charge is 2.42. The van der Waals surface area contributed by atoms with Gasteiger partial charge in [-0.2, -0.15) is 0 Å². The average molecular weight is 453 g/mol. The first kappa shape index (κ1) is 27.7. The van der Waals surface area contributed by atoms with Crippen molar-refractivity contribution < 1.29 is 0 Å². The summed E-state index contributed by atoms with van der Waals surface area (Å²) in [6.07, 6.45) is 6.98. The summed E-state index contributed by atoms with van der Waals surface area (Å²) in [6, 6.07) is 10.6. The van der Waals surface area contributed by atoms with Crippen molar-refractivity contribution in [2.75, 3.05) is 0 Å². The van der Waals surface area contributed by atoms with Crippen LogP contribution in [0.25, 0.3) is 6.08 Å². The zero-order chi connectivity index (χ0) is 24.1. The molecule has 0 N–H and O–H groups in total. The molecule has 0 radical (unpaired) electrons. The van der Waals surface area contributed by atoms with E-state index in [1.807, 2.05) is 0 Å². The Morgan fingerprint density at radius 2 is 1.26 bits per heavy atom. The van der Waals surface area contributed by atoms with Gasteiger partial charge in [-0.15, -0.1) is 5.54 Å². The molecule has 2 heteroatoms. The van der Waals surface area contributed by atoms with Crippen LogP contribution >= 0.6 is 0 Å². The van der Waals surface area contributed by atoms with Crippen LogP contribution in [0.1, 0.15) is 74.8 Å². The van der Waals surface area contributed by atoms with Gasteiger partial charge in [0.05, 0.1) is 13.5 Å². The highest BCUT2D eigenvalue weighted by molar-refractivity contribution is 6.90. The second-order valence-corrected chi connectivity index (χ2v) is 22.8. The molecule has 0 fully saturated rings. The van der Waals surface area contributed by atoms with Gasteiger partial charge in [-0.25, -0.2) is 0 Å². The Bertz CT molecular complexity index is 786. The molecule has 0 bridgehead atoms. The van der Waals surface area contributed by atoms with Crippen molar-refractivity contribution in [3.8, 4) is 11.5 Å². The van der Waals surface area contributed by atoms with Crippen molar-refractivity contribution in [3.05, 3.63) is 53.7 Å². The summed E-state index contributed by atoms with van der Waals surface area (Å²) in [6.45, 7) is 28.7. The van der Waals surface area contributed by atoms with E-state index in [9.17, 15) is 0 Å². The number of rotatable bonds is 7. The Morgan fingerprint density at radius 1 is 0.774 bits per heavy atom. The molecule has 172 valence electrons. The maximum atomic E-state index is 3.99. The summed E-state index contributed by atoms with van der Waals surface area (Å²) in [5.41, 5.74) is 9.42. The van der Waals surface area contributed by atoms with Gasteiger partial charge in [0, 0.05) is 0 Å². The zero-order valence-electron chi connectivity index (χ0n) is 22.4. The van der Waals surface area contributed by atoms with Gasteiger partial charge in [-0.1, -0.05) is 136 Å². The predicted octanol–water partition coefficient (Wildman–Crippen LogP) is 9.53. The maximum Gasteiger partial charge on any atom is 0.146 e. The molecule has 0 aliphatic rings. The first-order valence-electron chi connectivity index (χ1n) is 12.1. The molecule has 0 nitrogen and oxygen atoms in total. The van der Waals surface area contributed by atoms with E-state index in [0.717, 1.165) is 0 Å². The molecule has 1 atom stereocenters. The van der Waals surface area contributed by atoms with E-state index in [1.165, 1.54) is 5.56 Å². The van der Waals surface area contributed by atoms with Crippen LogP contribution in [0.2, 0.25) is 34.8 Å². The normalized spacial score (nSPS) is 15.7. The van der Waals surface area contributed by atoms with Crippen LogP contribution in [-0.2, 0) is 0 Å². The number of hydrogen-bond acceptors (Lipinski definition) is 0. The fourth-order valence-corrected chi connectivity index (χ4v) is 10.9. The summed E-state index contributed by atoms with van der Waals surface area (Å²) >= 11 is 0. The van der Waals surface area contributed by atoms with Crippen LogP contribution in [0.15, 0.2) is 48.2 Å². The first-order chi connectivity index (χ1) is 14.1. The molecular formula is C29H48Si2. The van der Waals surface area contributed by atoms with Gasteiger partial charge in [-0.05, 0) is 34.1 Å². The third-order valence-electron chi connectivity index (χ3n) is 7.62. The van der Waals surface area contributed by atoms with Crippen molar-refractivity contribution in [1.29, 1.82) is 0 Å². The van der Waals surface area contributed by atoms with Crippen molar-refractivity contribution in [3.63, 3.8) is 0 Å². The largest absolute Gasteiger partial charge is 0.146 e. The highest BCUT2D eigenvalue weighted by Crippen LogP contribution is 2.42. The minimum atomic E-state index is -1.77. The summed E-state index contributed by atoms with van der Waals surface area (Å²) in [5.74, 6) is 3.84. The van der Waals surface area contributed by atoms with Crippen LogP contribution in [0, 0.1) is 16.9 Å². The third-order valence-corrected chi connectivity index (χ3v) is 18.8. The molecule has 0 amide bonds. The minimum absolute atomic E-state index is 0.262. The van der Waals surface area contributed by atoms with E-state index in [-0.39, 0.29) is 5.41 Å². The topological polar surface area (TPSA) is 0 Å². The van der Waals surface area contributed by atoms with Crippen LogP contribution < -0.4 is 0 Å². The lowest BCUT2D eigenvalue weighted by molar-refractivity contribution is 0.723. The Kier molecular flexibility index (Phi) is 9.43. The lowest BCUT2D eigenvalue weighted by Crippen LogP contribution is -2.43. The van der Waals surface area contributed by atoms with Crippen LogP contribution in [-0.4, -0.2) is 16.1 Å². The fourth-order valence-electron chi connectivity index (χ4n) is 4.28. The van der Waals surface area contributed by atoms with E-state index in [4.69, 9.17) is 0 Å². The van der Waals surface area contributed by atoms with Gasteiger partial charge in [0.2, 0.25) is 0 Å². The summed E-state index contributed by atoms with van der Waals surface area (Å²) in [5, 5.41) is 0.327. The Morgan fingerprint density at radius 3 is 1.68 bits per heavy atom. The molecule has 1 aromatic rings. The monoisotopic (exact) mass is 452 g/mol. The molecule has 0 spiro atoms. The number of benzene rings is 1. The lowest BCUT2D eigenvalue weighted by atomic mass is 9.91. The number of allylic oxidation sites excluding steroid dienone is 2. The Hall–Kier alpha value is -1.31. The van der Waals surface area contributed by atoms with Gasteiger partial charge in [0.15, 0.2) is 0 Å². The molecule has 1 rings (SSSR count). The van der Waals surface area contributed by atoms with Crippen molar-refractivity contribution in [1.82, 2.24) is 0 Å². The molecule has 31 heavy (non-hydrogen) atoms. The molecule has 0 aliphatic heterocycles. The van der Waals surface area contributed by atoms with E-state index in [2.05, 4.69) is 148 Å². The SMILES string of the molecule is CC(C)[Si](C#CC(C)(/C=C/c1ccccc1)/C=C/[Si](C)(C)C(C)(C)C)(C(C)C)C(C)C. The lowest BCUT2D eigenvalue weighted by Gasteiger charge is -2.38. The molecular weight excluding hydrogens is 404 g/mol. The van der Waals surface area contributed by atoms with E-state index in [1.54, 1.807) is 0 Å². The zero-order valence-corrected chi connectivity index (χ0v) is 24.4. The quantitative estimate of drug-likeness (QED) is 0.285. The van der Waals surface area contributed by atoms with Crippen LogP contribution in [0.3, 0.4) is 0 Å². The van der Waals surface area contributed by atoms with E-state index >= 15 is 0 Å². The van der Waals surface area contributed by atoms with Gasteiger partial charge in [0.25, 0.3) is 0 Å². The molecule has 0 aromatic heterocycles. The van der Waals surface area contributed by atoms with Crippen LogP contribution in [0.5, 0.6) is 0 Å². The number of hydrogen-bond donors (Lipinski definition) is 0. The second-order valence-electron chi connectivity index (χ2n) is 12.0. The van der Waals surface area contributed by atoms with E-state index < -0.39 is 16.1 Å². The second kappa shape index (κ2) is 10.5. The van der Waals surface area contributed by atoms with E-state index in [0.29, 0.717) is 21.7 Å². The van der Waals surface area contributed by atoms with Gasteiger partial charge in [0.1, 0.15) is 8.07 Å². The molecule has 0 saturated carbocycles. The summed E-state index contributed by atoms with van der Waals surface area (Å²) in [7, 11) is -3.31. The third kappa shape index (κ3) is 7.09. The fraction of sp³-hybridized carbons (Fsp3) is 0.586. The molecule has 0 heterocycles. The Balaban J connectivity index is 3.58. The summed E-state index contributed by atoms with van der Waals surface area (Å²) < 4.78 is 0. The predicted molar refractivity (Wildman–Crippen MR) is 149 cm³/mol. The highest BCUT2D eigenvalue weighted by atomic mass is 28.3. The van der Waals surface area contributed by atoms with Crippen molar-refractivity contribution in [2.24, 2.45) is 5.41 Å². The van der Waals surface area contributed by atoms with Gasteiger partial charge >= 0.3 is 0 Å². The standard InChI is InChI=1S/C29H48Si2/c1-24(2)31(25(3)4,26(5)6)23-21-29(10,19-18-27-16-14-13-15-17-27)20-22-30(11,12)28(7,8)9/h13-20,22,24-26H,1-12H3/b19-18+,22-20+. The molecule has 1 aromatic carbocycles. The average Bonchev–Trinajstić information content (AvgIpc) is 2.64. The van der Waals surface area contributed by atoms with Gasteiger partial charge in [-0.3, -0.25) is 0 Å². The molecule has 0 aliphatic carbocycles. The van der Waals surface area contributed by atoms with Crippen molar-refractivity contribution >= 4 is 22.2 Å². The van der Waals surface area contributed by atoms with Crippen LogP contribution in [0.4, 0.5) is 0 Å². The maximum absolute atomic E-state index is 3.99. The minimum Gasteiger partial charge on any atom is -0.129 e. The molecule has 0 saturated heterocycles. The van der Waals surface area contributed by atoms with Gasteiger partial charge < -0.3 is 0 Å². The Labute approximate surface area is 196 Å².